The smallest absolute Gasteiger partial charge is 0.247 e. The second-order valence-electron chi connectivity index (χ2n) is 5.62. The normalized spacial score (nSPS) is 15.9. The maximum atomic E-state index is 12.3. The minimum absolute atomic E-state index is 0.0842. The Balaban J connectivity index is 1.84. The summed E-state index contributed by atoms with van der Waals surface area (Å²) in [6, 6.07) is 10.0. The van der Waals surface area contributed by atoms with Crippen molar-refractivity contribution in [1.82, 2.24) is 15.2 Å². The van der Waals surface area contributed by atoms with Crippen molar-refractivity contribution < 1.29 is 4.79 Å². The number of nitrogens with one attached hydrogen (secondary N) is 1. The molecule has 0 saturated carbocycles. The maximum Gasteiger partial charge on any atom is 0.247 e. The number of nitrogens with zero attached hydrogens (tertiary/aromatic N) is 3. The number of nitriles is 1. The van der Waals surface area contributed by atoms with Crippen LogP contribution in [0.3, 0.4) is 0 Å². The summed E-state index contributed by atoms with van der Waals surface area (Å²) < 4.78 is 0. The van der Waals surface area contributed by atoms with Crippen molar-refractivity contribution in [1.29, 1.82) is 5.26 Å². The zero-order chi connectivity index (χ0) is 16.9. The fraction of sp³-hybridized carbons (Fsp3) is 0.278. The van der Waals surface area contributed by atoms with E-state index < -0.39 is 0 Å². The first kappa shape index (κ1) is 16.2. The number of carbonyl (C=O) groups excluding carboxylic acids is 1. The van der Waals surface area contributed by atoms with Gasteiger partial charge in [-0.05, 0) is 12.0 Å². The molecule has 0 bridgehead atoms. The van der Waals surface area contributed by atoms with E-state index in [0.29, 0.717) is 19.5 Å². The van der Waals surface area contributed by atoms with Crippen molar-refractivity contribution in [2.45, 2.75) is 12.8 Å². The molecule has 1 aliphatic rings. The second-order valence-corrected chi connectivity index (χ2v) is 6.48. The molecule has 1 aliphatic heterocycles. The number of hydrogen-bond donors (Lipinski definition) is 1. The van der Waals surface area contributed by atoms with Gasteiger partial charge in [0.2, 0.25) is 5.91 Å². The lowest BCUT2D eigenvalue weighted by molar-refractivity contribution is -0.117. The van der Waals surface area contributed by atoms with Crippen molar-refractivity contribution >= 4 is 17.2 Å². The minimum Gasteiger partial charge on any atom is -0.355 e. The van der Waals surface area contributed by atoms with Crippen molar-refractivity contribution in [3.05, 3.63) is 52.6 Å². The third-order valence-corrected chi connectivity index (χ3v) is 5.01. The van der Waals surface area contributed by atoms with Crippen LogP contribution < -0.4 is 5.32 Å². The Morgan fingerprint density at radius 1 is 1.42 bits per heavy atom. The average Bonchev–Trinajstić information content (AvgIpc) is 3.29. The van der Waals surface area contributed by atoms with Crippen LogP contribution in [0.5, 0.6) is 0 Å². The molecule has 1 saturated heterocycles. The Bertz CT molecular complexity index is 804. The van der Waals surface area contributed by atoms with Gasteiger partial charge >= 0.3 is 0 Å². The van der Waals surface area contributed by atoms with Gasteiger partial charge in [-0.1, -0.05) is 30.3 Å². The highest BCUT2D eigenvalue weighted by atomic mass is 32.1. The van der Waals surface area contributed by atoms with Crippen LogP contribution in [0, 0.1) is 11.5 Å². The fourth-order valence-corrected chi connectivity index (χ4v) is 3.62. The molecule has 2 heterocycles. The van der Waals surface area contributed by atoms with Gasteiger partial charge in [0.15, 0.2) is 6.19 Å². The van der Waals surface area contributed by atoms with Crippen molar-refractivity contribution in [2.75, 3.05) is 20.1 Å². The van der Waals surface area contributed by atoms with Crippen molar-refractivity contribution in [3.63, 3.8) is 0 Å². The zero-order valence-electron chi connectivity index (χ0n) is 13.5. The van der Waals surface area contributed by atoms with Crippen LogP contribution in [0.25, 0.3) is 10.6 Å². The van der Waals surface area contributed by atoms with E-state index in [1.54, 1.807) is 23.3 Å². The van der Waals surface area contributed by atoms with Crippen LogP contribution in [-0.4, -0.2) is 35.9 Å². The number of carbonyl (C=O) groups is 1. The molecule has 5 nitrogen and oxygen atoms in total. The van der Waals surface area contributed by atoms with Crippen molar-refractivity contribution in [3.8, 4) is 16.8 Å². The van der Waals surface area contributed by atoms with Crippen molar-refractivity contribution in [2.24, 2.45) is 0 Å². The van der Waals surface area contributed by atoms with E-state index in [9.17, 15) is 4.79 Å². The summed E-state index contributed by atoms with van der Waals surface area (Å²) in [5.74, 6) is -0.0842. The van der Waals surface area contributed by atoms with Gasteiger partial charge in [-0.2, -0.15) is 5.26 Å². The summed E-state index contributed by atoms with van der Waals surface area (Å²) >= 11 is 1.58. The Morgan fingerprint density at radius 2 is 2.21 bits per heavy atom. The number of likely N-dealkylation sites (N-methyl/N-ethyl adjacent to an activating group) is 1. The van der Waals surface area contributed by atoms with E-state index in [1.807, 2.05) is 35.7 Å². The van der Waals surface area contributed by atoms with Gasteiger partial charge in [0.05, 0.1) is 5.69 Å². The lowest BCUT2D eigenvalue weighted by atomic mass is 10.0. The van der Waals surface area contributed by atoms with E-state index >= 15 is 0 Å². The average molecular weight is 338 g/mol. The molecule has 1 fully saturated rings. The molecular formula is C18H18N4OS. The predicted molar refractivity (Wildman–Crippen MR) is 94.1 cm³/mol. The molecule has 0 radical (unpaired) electrons. The van der Waals surface area contributed by atoms with E-state index in [-0.39, 0.29) is 5.91 Å². The van der Waals surface area contributed by atoms with Gasteiger partial charge < -0.3 is 10.2 Å². The highest BCUT2D eigenvalue weighted by molar-refractivity contribution is 7.13. The molecule has 1 amide bonds. The molecule has 0 spiro atoms. The fourth-order valence-electron chi connectivity index (χ4n) is 2.79. The molecule has 122 valence electrons. The van der Waals surface area contributed by atoms with Gasteiger partial charge in [-0.25, -0.2) is 4.98 Å². The lowest BCUT2D eigenvalue weighted by Crippen LogP contribution is -2.23. The third-order valence-electron chi connectivity index (χ3n) is 4.06. The van der Waals surface area contributed by atoms with Gasteiger partial charge in [0.25, 0.3) is 0 Å². The number of thiazole rings is 1. The molecule has 1 aromatic carbocycles. The molecule has 24 heavy (non-hydrogen) atoms. The molecule has 3 rings (SSSR count). The lowest BCUT2D eigenvalue weighted by Gasteiger charge is -2.09. The summed E-state index contributed by atoms with van der Waals surface area (Å²) in [7, 11) is 1.64. The van der Waals surface area contributed by atoms with Crippen LogP contribution in [0.15, 0.2) is 46.9 Å². The highest BCUT2D eigenvalue weighted by Crippen LogP contribution is 2.26. The molecule has 6 heteroatoms. The first-order chi connectivity index (χ1) is 11.7. The van der Waals surface area contributed by atoms with Gasteiger partial charge in [0.1, 0.15) is 5.01 Å². The Hall–Kier alpha value is -2.65. The standard InChI is InChI=1S/C18H18N4OS/c1-20-17(23)16(14-7-8-22(10-14)12-19)9-15-11-24-18(21-15)13-5-3-2-4-6-13/h2-6,11H,7-10H2,1H3,(H,20,23)/b16-14-. The SMILES string of the molecule is CNC(=O)/C(Cc1csc(-c2ccccc2)n1)=C1/CCN(C#N)C1. The number of hydrogen-bond acceptors (Lipinski definition) is 5. The van der Waals surface area contributed by atoms with Gasteiger partial charge in [-0.3, -0.25) is 4.79 Å². The first-order valence-electron chi connectivity index (χ1n) is 7.78. The quantitative estimate of drug-likeness (QED) is 0.687. The van der Waals surface area contributed by atoms with E-state index in [4.69, 9.17) is 5.26 Å². The Morgan fingerprint density at radius 3 is 2.88 bits per heavy atom. The number of likely N-dealkylation sites (tertiary alicyclic amines) is 1. The highest BCUT2D eigenvalue weighted by Gasteiger charge is 2.23. The minimum atomic E-state index is -0.0842. The van der Waals surface area contributed by atoms with Gasteiger partial charge in [0, 0.05) is 43.1 Å². The molecule has 0 unspecified atom stereocenters. The van der Waals surface area contributed by atoms with Crippen LogP contribution in [0.1, 0.15) is 12.1 Å². The zero-order valence-corrected chi connectivity index (χ0v) is 14.3. The summed E-state index contributed by atoms with van der Waals surface area (Å²) in [6.45, 7) is 1.22. The van der Waals surface area contributed by atoms with Gasteiger partial charge in [-0.15, -0.1) is 11.3 Å². The molecule has 0 aliphatic carbocycles. The number of amides is 1. The number of rotatable bonds is 4. The molecule has 2 aromatic rings. The molecular weight excluding hydrogens is 320 g/mol. The molecule has 1 N–H and O–H groups in total. The second kappa shape index (κ2) is 7.28. The van der Waals surface area contributed by atoms with E-state index in [2.05, 4.69) is 16.5 Å². The van der Waals surface area contributed by atoms with E-state index in [0.717, 1.165) is 33.8 Å². The Kier molecular flexibility index (Phi) is 4.92. The van der Waals surface area contributed by atoms with Crippen LogP contribution >= 0.6 is 11.3 Å². The summed E-state index contributed by atoms with van der Waals surface area (Å²) in [5.41, 5.74) is 3.74. The Labute approximate surface area is 145 Å². The van der Waals surface area contributed by atoms with Crippen LogP contribution in [0.2, 0.25) is 0 Å². The summed E-state index contributed by atoms with van der Waals surface area (Å²) in [6.07, 6.45) is 3.40. The summed E-state index contributed by atoms with van der Waals surface area (Å²) in [4.78, 5) is 18.6. The third kappa shape index (κ3) is 3.47. The number of benzene rings is 1. The maximum absolute atomic E-state index is 12.3. The molecule has 1 aromatic heterocycles. The topological polar surface area (TPSA) is 69.0 Å². The van der Waals surface area contributed by atoms with E-state index in [1.165, 1.54) is 0 Å². The summed E-state index contributed by atoms with van der Waals surface area (Å²) in [5, 5.41) is 14.7. The van der Waals surface area contributed by atoms with Crippen LogP contribution in [0.4, 0.5) is 0 Å². The predicted octanol–water partition coefficient (Wildman–Crippen LogP) is 2.58. The number of aromatic nitrogens is 1. The first-order valence-corrected chi connectivity index (χ1v) is 8.66. The molecule has 0 atom stereocenters. The largest absolute Gasteiger partial charge is 0.355 e. The van der Waals surface area contributed by atoms with Crippen LogP contribution in [-0.2, 0) is 11.2 Å². The monoisotopic (exact) mass is 338 g/mol.